The second-order valence-corrected chi connectivity index (χ2v) is 5.07. The molecule has 7 heteroatoms. The van der Waals surface area contributed by atoms with Crippen molar-refractivity contribution in [3.05, 3.63) is 76.9 Å². The summed E-state index contributed by atoms with van der Waals surface area (Å²) < 4.78 is 1.67. The van der Waals surface area contributed by atoms with Gasteiger partial charge in [0.25, 0.3) is 5.69 Å². The van der Waals surface area contributed by atoms with E-state index in [-0.39, 0.29) is 16.7 Å². The van der Waals surface area contributed by atoms with Gasteiger partial charge >= 0.3 is 0 Å². The van der Waals surface area contributed by atoms with Crippen LogP contribution in [0.4, 0.5) is 11.4 Å². The topological polar surface area (TPSA) is 85.9 Å². The Morgan fingerprint density at radius 3 is 2.57 bits per heavy atom. The first kappa shape index (κ1) is 14.7. The average molecular weight is 309 g/mol. The van der Waals surface area contributed by atoms with Crippen molar-refractivity contribution in [2.45, 2.75) is 13.0 Å². The van der Waals surface area contributed by atoms with Gasteiger partial charge in [0.15, 0.2) is 0 Å². The maximum atomic E-state index is 11.1. The molecular weight excluding hydrogens is 294 g/mol. The Labute approximate surface area is 132 Å². The van der Waals surface area contributed by atoms with Gasteiger partial charge in [0, 0.05) is 12.1 Å². The van der Waals surface area contributed by atoms with Crippen molar-refractivity contribution in [2.75, 3.05) is 5.32 Å². The van der Waals surface area contributed by atoms with E-state index < -0.39 is 0 Å². The Balaban J connectivity index is 1.79. The summed E-state index contributed by atoms with van der Waals surface area (Å²) in [6.07, 6.45) is 3.11. The Bertz CT molecular complexity index is 800. The Morgan fingerprint density at radius 2 is 1.91 bits per heavy atom. The molecule has 1 N–H and O–H groups in total. The number of nitrogens with zero attached hydrogens (tertiary/aromatic N) is 4. The van der Waals surface area contributed by atoms with Gasteiger partial charge in [-0.2, -0.15) is 5.10 Å². The highest BCUT2D eigenvalue weighted by Crippen LogP contribution is 2.27. The number of nitro benzene ring substituents is 1. The predicted molar refractivity (Wildman–Crippen MR) is 86.5 cm³/mol. The van der Waals surface area contributed by atoms with Gasteiger partial charge in [0.2, 0.25) is 0 Å². The number of rotatable bonds is 5. The molecule has 0 spiro atoms. The number of hydrogen-bond acceptors (Lipinski definition) is 5. The molecule has 116 valence electrons. The molecule has 0 fully saturated rings. The van der Waals surface area contributed by atoms with Gasteiger partial charge in [-0.05, 0) is 30.7 Å². The second-order valence-electron chi connectivity index (χ2n) is 5.07. The minimum Gasteiger partial charge on any atom is -0.373 e. The Hall–Kier alpha value is -3.22. The van der Waals surface area contributed by atoms with Crippen molar-refractivity contribution >= 4 is 11.4 Å². The molecule has 3 rings (SSSR count). The van der Waals surface area contributed by atoms with Gasteiger partial charge in [-0.15, -0.1) is 0 Å². The summed E-state index contributed by atoms with van der Waals surface area (Å²) in [7, 11) is 0. The molecule has 0 saturated carbocycles. The second kappa shape index (κ2) is 6.27. The molecule has 0 radical (unpaired) electrons. The summed E-state index contributed by atoms with van der Waals surface area (Å²) in [5.41, 5.74) is 2.50. The van der Waals surface area contributed by atoms with Crippen LogP contribution in [0.5, 0.6) is 0 Å². The number of hydrogen-bond donors (Lipinski definition) is 1. The highest BCUT2D eigenvalue weighted by atomic mass is 16.6. The van der Waals surface area contributed by atoms with E-state index in [1.165, 1.54) is 12.4 Å². The van der Waals surface area contributed by atoms with E-state index in [2.05, 4.69) is 15.4 Å². The minimum atomic E-state index is -0.386. The number of nitro groups is 1. The third-order valence-electron chi connectivity index (χ3n) is 3.55. The van der Waals surface area contributed by atoms with Crippen LogP contribution in [-0.4, -0.2) is 19.7 Å². The molecule has 1 unspecified atom stereocenters. The van der Waals surface area contributed by atoms with Crippen molar-refractivity contribution in [1.29, 1.82) is 0 Å². The lowest BCUT2D eigenvalue weighted by Gasteiger charge is -2.16. The van der Waals surface area contributed by atoms with Gasteiger partial charge < -0.3 is 5.32 Å². The van der Waals surface area contributed by atoms with Crippen molar-refractivity contribution in [1.82, 2.24) is 14.8 Å². The molecule has 0 bridgehead atoms. The molecule has 0 aliphatic carbocycles. The van der Waals surface area contributed by atoms with Gasteiger partial charge in [-0.1, -0.05) is 24.3 Å². The maximum absolute atomic E-state index is 11.1. The SMILES string of the molecule is CC(Nc1ccccc1[N+](=O)[O-])c1ccc(-n2cncn2)cc1. The summed E-state index contributed by atoms with van der Waals surface area (Å²) >= 11 is 0. The van der Waals surface area contributed by atoms with E-state index in [0.29, 0.717) is 5.69 Å². The Morgan fingerprint density at radius 1 is 1.17 bits per heavy atom. The van der Waals surface area contributed by atoms with E-state index >= 15 is 0 Å². The fourth-order valence-electron chi connectivity index (χ4n) is 2.33. The van der Waals surface area contributed by atoms with Crippen molar-refractivity contribution in [2.24, 2.45) is 0 Å². The van der Waals surface area contributed by atoms with E-state index in [0.717, 1.165) is 11.3 Å². The van der Waals surface area contributed by atoms with Crippen molar-refractivity contribution in [3.8, 4) is 5.69 Å². The molecule has 0 amide bonds. The number of nitrogens with one attached hydrogen (secondary N) is 1. The molecule has 7 nitrogen and oxygen atoms in total. The van der Waals surface area contributed by atoms with Gasteiger partial charge in [-0.25, -0.2) is 9.67 Å². The normalized spacial score (nSPS) is 11.9. The van der Waals surface area contributed by atoms with Gasteiger partial charge in [-0.3, -0.25) is 10.1 Å². The summed E-state index contributed by atoms with van der Waals surface area (Å²) in [5, 5.41) is 18.3. The number of anilines is 1. The monoisotopic (exact) mass is 309 g/mol. The van der Waals surface area contributed by atoms with Crippen molar-refractivity contribution < 1.29 is 4.92 Å². The standard InChI is InChI=1S/C16H15N5O2/c1-12(19-15-4-2-3-5-16(15)21(22)23)13-6-8-14(9-7-13)20-11-17-10-18-20/h2-12,19H,1H3. The fourth-order valence-corrected chi connectivity index (χ4v) is 2.33. The Kier molecular flexibility index (Phi) is 4.01. The molecule has 1 heterocycles. The van der Waals surface area contributed by atoms with E-state index in [1.54, 1.807) is 29.2 Å². The fraction of sp³-hybridized carbons (Fsp3) is 0.125. The van der Waals surface area contributed by atoms with Gasteiger partial charge in [0.1, 0.15) is 18.3 Å². The lowest BCUT2D eigenvalue weighted by atomic mass is 10.1. The van der Waals surface area contributed by atoms with E-state index in [1.807, 2.05) is 31.2 Å². The van der Waals surface area contributed by atoms with Crippen molar-refractivity contribution in [3.63, 3.8) is 0 Å². The zero-order chi connectivity index (χ0) is 16.2. The molecule has 0 aliphatic rings. The summed E-state index contributed by atoms with van der Waals surface area (Å²) in [6.45, 7) is 1.96. The van der Waals surface area contributed by atoms with Crippen LogP contribution < -0.4 is 5.32 Å². The number of benzene rings is 2. The first-order chi connectivity index (χ1) is 11.1. The van der Waals surface area contributed by atoms with Crippen LogP contribution in [0.3, 0.4) is 0 Å². The first-order valence-corrected chi connectivity index (χ1v) is 7.10. The van der Waals surface area contributed by atoms with Crippen LogP contribution in [-0.2, 0) is 0 Å². The van der Waals surface area contributed by atoms with Crippen LogP contribution in [0.2, 0.25) is 0 Å². The maximum Gasteiger partial charge on any atom is 0.292 e. The predicted octanol–water partition coefficient (Wildman–Crippen LogP) is 3.35. The molecule has 0 saturated heterocycles. The molecule has 2 aromatic carbocycles. The molecule has 0 aliphatic heterocycles. The number of para-hydroxylation sites is 2. The zero-order valence-electron chi connectivity index (χ0n) is 12.5. The lowest BCUT2D eigenvalue weighted by molar-refractivity contribution is -0.384. The quantitative estimate of drug-likeness (QED) is 0.577. The van der Waals surface area contributed by atoms with E-state index in [9.17, 15) is 10.1 Å². The van der Waals surface area contributed by atoms with Crippen LogP contribution >= 0.6 is 0 Å². The zero-order valence-corrected chi connectivity index (χ0v) is 12.5. The van der Waals surface area contributed by atoms with Gasteiger partial charge in [0.05, 0.1) is 10.6 Å². The molecule has 23 heavy (non-hydrogen) atoms. The first-order valence-electron chi connectivity index (χ1n) is 7.10. The summed E-state index contributed by atoms with van der Waals surface area (Å²) in [6, 6.07) is 14.3. The molecule has 1 aromatic heterocycles. The molecule has 1 atom stereocenters. The molecular formula is C16H15N5O2. The van der Waals surface area contributed by atoms with Crippen LogP contribution in [0, 0.1) is 10.1 Å². The average Bonchev–Trinajstić information content (AvgIpc) is 3.10. The molecule has 3 aromatic rings. The summed E-state index contributed by atoms with van der Waals surface area (Å²) in [5.74, 6) is 0. The van der Waals surface area contributed by atoms with Crippen LogP contribution in [0.25, 0.3) is 5.69 Å². The number of aromatic nitrogens is 3. The lowest BCUT2D eigenvalue weighted by Crippen LogP contribution is -2.08. The third-order valence-corrected chi connectivity index (χ3v) is 3.55. The smallest absolute Gasteiger partial charge is 0.292 e. The van der Waals surface area contributed by atoms with Crippen LogP contribution in [0.1, 0.15) is 18.5 Å². The largest absolute Gasteiger partial charge is 0.373 e. The third kappa shape index (κ3) is 3.18. The highest BCUT2D eigenvalue weighted by molar-refractivity contribution is 5.62. The minimum absolute atomic E-state index is 0.0681. The summed E-state index contributed by atoms with van der Waals surface area (Å²) in [4.78, 5) is 14.6. The highest BCUT2D eigenvalue weighted by Gasteiger charge is 2.15. The van der Waals surface area contributed by atoms with Crippen LogP contribution in [0.15, 0.2) is 61.2 Å². The van der Waals surface area contributed by atoms with E-state index in [4.69, 9.17) is 0 Å².